The maximum absolute atomic E-state index is 11.7. The fraction of sp³-hybridized carbons (Fsp3) is 0.167. The summed E-state index contributed by atoms with van der Waals surface area (Å²) in [5.41, 5.74) is 0.941. The molecule has 0 saturated carbocycles. The summed E-state index contributed by atoms with van der Waals surface area (Å²) < 4.78 is 0. The van der Waals surface area contributed by atoms with Crippen molar-refractivity contribution in [1.82, 2.24) is 10.6 Å². The highest BCUT2D eigenvalue weighted by Crippen LogP contribution is 2.29. The number of non-ortho nitro benzene ring substituents is 1. The first-order valence-electron chi connectivity index (χ1n) is 6.59. The van der Waals surface area contributed by atoms with Crippen LogP contribution in [0, 0.1) is 26.1 Å². The van der Waals surface area contributed by atoms with Gasteiger partial charge in [-0.3, -0.25) is 45.9 Å². The van der Waals surface area contributed by atoms with Gasteiger partial charge in [0.05, 0.1) is 21.6 Å². The number of urea groups is 1. The lowest BCUT2D eigenvalue weighted by Gasteiger charge is -2.20. The molecule has 4 amide bonds. The minimum absolute atomic E-state index is 0.0739. The Bertz CT molecular complexity index is 813. The molecule has 3 N–H and O–H groups in total. The number of amides is 4. The first kappa shape index (κ1) is 17.5. The molecule has 1 aromatic carbocycles. The third-order valence-electron chi connectivity index (χ3n) is 3.16. The van der Waals surface area contributed by atoms with E-state index in [1.165, 1.54) is 6.92 Å². The number of nitrogens with one attached hydrogen (secondary N) is 3. The molecule has 0 radical (unpaired) electrons. The second kappa shape index (κ2) is 6.69. The van der Waals surface area contributed by atoms with E-state index in [0.29, 0.717) is 0 Å². The van der Waals surface area contributed by atoms with Gasteiger partial charge < -0.3 is 0 Å². The average molecular weight is 350 g/mol. The molecule has 0 spiro atoms. The standard InChI is InChI=1S/C12H10N6O7/c1-5(9-10(19)13-12(21)14-11(9)20)15-16-7-3-2-6(17(22)23)4-8(7)18(24)25/h2-4,9,16H,1H3,(H2,13,14,19,20,21)/b15-5+. The first-order chi connectivity index (χ1) is 11.7. The zero-order chi connectivity index (χ0) is 18.7. The van der Waals surface area contributed by atoms with Gasteiger partial charge in [0.2, 0.25) is 11.8 Å². The largest absolute Gasteiger partial charge is 0.328 e. The van der Waals surface area contributed by atoms with Crippen LogP contribution in [0.15, 0.2) is 23.3 Å². The fourth-order valence-electron chi connectivity index (χ4n) is 1.99. The van der Waals surface area contributed by atoms with E-state index < -0.39 is 45.0 Å². The van der Waals surface area contributed by atoms with E-state index in [4.69, 9.17) is 0 Å². The van der Waals surface area contributed by atoms with E-state index in [0.717, 1.165) is 18.2 Å². The van der Waals surface area contributed by atoms with Crippen molar-refractivity contribution < 1.29 is 24.2 Å². The van der Waals surface area contributed by atoms with Crippen LogP contribution < -0.4 is 16.1 Å². The van der Waals surface area contributed by atoms with Crippen molar-refractivity contribution in [3.63, 3.8) is 0 Å². The highest BCUT2D eigenvalue weighted by Gasteiger charge is 2.36. The zero-order valence-corrected chi connectivity index (χ0v) is 12.5. The van der Waals surface area contributed by atoms with E-state index in [-0.39, 0.29) is 11.4 Å². The third kappa shape index (κ3) is 3.72. The van der Waals surface area contributed by atoms with Crippen LogP contribution in [0.3, 0.4) is 0 Å². The summed E-state index contributed by atoms with van der Waals surface area (Å²) in [6, 6.07) is 1.88. The summed E-state index contributed by atoms with van der Waals surface area (Å²) >= 11 is 0. The summed E-state index contributed by atoms with van der Waals surface area (Å²) in [7, 11) is 0. The van der Waals surface area contributed by atoms with E-state index in [2.05, 4.69) is 10.5 Å². The van der Waals surface area contributed by atoms with Gasteiger partial charge in [-0.1, -0.05) is 0 Å². The third-order valence-corrected chi connectivity index (χ3v) is 3.16. The minimum atomic E-state index is -1.40. The lowest BCUT2D eigenvalue weighted by molar-refractivity contribution is -0.393. The normalized spacial score (nSPS) is 15.4. The molecule has 2 rings (SSSR count). The molecule has 13 nitrogen and oxygen atoms in total. The van der Waals surface area contributed by atoms with Gasteiger partial charge in [0.15, 0.2) is 5.92 Å². The van der Waals surface area contributed by atoms with Crippen LogP contribution in [-0.4, -0.2) is 33.4 Å². The fourth-order valence-corrected chi connectivity index (χ4v) is 1.99. The van der Waals surface area contributed by atoms with E-state index in [1.807, 2.05) is 10.6 Å². The summed E-state index contributed by atoms with van der Waals surface area (Å²) in [5, 5.41) is 29.2. The lowest BCUT2D eigenvalue weighted by Crippen LogP contribution is -2.57. The summed E-state index contributed by atoms with van der Waals surface area (Å²) in [6.07, 6.45) is 0. The Morgan fingerprint density at radius 2 is 1.72 bits per heavy atom. The molecule has 1 aliphatic rings. The molecule has 1 fully saturated rings. The number of nitro benzene ring substituents is 2. The van der Waals surface area contributed by atoms with Gasteiger partial charge in [0, 0.05) is 6.07 Å². The highest BCUT2D eigenvalue weighted by molar-refractivity contribution is 6.27. The Labute approximate surface area is 138 Å². The predicted molar refractivity (Wildman–Crippen MR) is 81.7 cm³/mol. The number of benzene rings is 1. The Hall–Kier alpha value is -3.90. The molecule has 0 unspecified atom stereocenters. The van der Waals surface area contributed by atoms with Crippen molar-refractivity contribution in [1.29, 1.82) is 0 Å². The summed E-state index contributed by atoms with van der Waals surface area (Å²) in [4.78, 5) is 54.4. The molecule has 130 valence electrons. The number of hydrogen-bond donors (Lipinski definition) is 3. The number of hydrogen-bond acceptors (Lipinski definition) is 9. The number of nitrogens with zero attached hydrogens (tertiary/aromatic N) is 3. The van der Waals surface area contributed by atoms with Crippen LogP contribution in [0.4, 0.5) is 21.9 Å². The van der Waals surface area contributed by atoms with Crippen molar-refractivity contribution in [2.75, 3.05) is 5.43 Å². The van der Waals surface area contributed by atoms with E-state index >= 15 is 0 Å². The van der Waals surface area contributed by atoms with E-state index in [9.17, 15) is 34.6 Å². The van der Waals surface area contributed by atoms with Gasteiger partial charge in [-0.05, 0) is 13.0 Å². The number of nitro groups is 2. The molecule has 0 aliphatic carbocycles. The van der Waals surface area contributed by atoms with Crippen LogP contribution in [0.1, 0.15) is 6.92 Å². The van der Waals surface area contributed by atoms with Gasteiger partial charge in [0.1, 0.15) is 5.69 Å². The Kier molecular flexibility index (Phi) is 4.67. The number of carbonyl (C=O) groups is 3. The smallest absolute Gasteiger partial charge is 0.277 e. The van der Waals surface area contributed by atoms with Gasteiger partial charge in [-0.25, -0.2) is 4.79 Å². The molecular formula is C12H10N6O7. The Morgan fingerprint density at radius 1 is 1.12 bits per heavy atom. The molecule has 0 atom stereocenters. The van der Waals surface area contributed by atoms with Gasteiger partial charge in [-0.2, -0.15) is 5.10 Å². The van der Waals surface area contributed by atoms with Crippen molar-refractivity contribution in [2.45, 2.75) is 6.92 Å². The van der Waals surface area contributed by atoms with Crippen LogP contribution in [-0.2, 0) is 9.59 Å². The average Bonchev–Trinajstić information content (AvgIpc) is 2.51. The van der Waals surface area contributed by atoms with Gasteiger partial charge >= 0.3 is 11.7 Å². The van der Waals surface area contributed by atoms with Gasteiger partial charge in [-0.15, -0.1) is 0 Å². The molecule has 0 aromatic heterocycles. The SMILES string of the molecule is C/C(=N\Nc1ccc([N+](=O)[O-])cc1[N+](=O)[O-])C1C(=O)NC(=O)NC1=O. The number of hydrazone groups is 1. The van der Waals surface area contributed by atoms with Crippen LogP contribution in [0.2, 0.25) is 0 Å². The second-order valence-corrected chi connectivity index (χ2v) is 4.82. The number of carbonyl (C=O) groups excluding carboxylic acids is 3. The molecule has 13 heteroatoms. The van der Waals surface area contributed by atoms with Crippen molar-refractivity contribution in [2.24, 2.45) is 11.0 Å². The first-order valence-corrected chi connectivity index (χ1v) is 6.59. The van der Waals surface area contributed by atoms with Crippen LogP contribution >= 0.6 is 0 Å². The monoisotopic (exact) mass is 350 g/mol. The topological polar surface area (TPSA) is 186 Å². The molecule has 1 heterocycles. The minimum Gasteiger partial charge on any atom is -0.277 e. The maximum atomic E-state index is 11.7. The predicted octanol–water partition coefficient (Wildman–Crippen LogP) is 0.273. The molecular weight excluding hydrogens is 340 g/mol. The summed E-state index contributed by atoms with van der Waals surface area (Å²) in [5.74, 6) is -3.19. The molecule has 0 bridgehead atoms. The zero-order valence-electron chi connectivity index (χ0n) is 12.5. The van der Waals surface area contributed by atoms with E-state index in [1.54, 1.807) is 0 Å². The quantitative estimate of drug-likeness (QED) is 0.292. The number of imide groups is 2. The summed E-state index contributed by atoms with van der Waals surface area (Å²) in [6.45, 7) is 1.30. The van der Waals surface area contributed by atoms with Crippen molar-refractivity contribution in [3.05, 3.63) is 38.4 Å². The number of rotatable bonds is 5. The number of anilines is 1. The molecule has 1 saturated heterocycles. The Morgan fingerprint density at radius 3 is 2.24 bits per heavy atom. The molecule has 1 aliphatic heterocycles. The second-order valence-electron chi connectivity index (χ2n) is 4.82. The molecule has 25 heavy (non-hydrogen) atoms. The van der Waals surface area contributed by atoms with Crippen molar-refractivity contribution in [3.8, 4) is 0 Å². The maximum Gasteiger partial charge on any atom is 0.328 e. The van der Waals surface area contributed by atoms with Crippen LogP contribution in [0.5, 0.6) is 0 Å². The van der Waals surface area contributed by atoms with Gasteiger partial charge in [0.25, 0.3) is 5.69 Å². The van der Waals surface area contributed by atoms with Crippen molar-refractivity contribution >= 4 is 40.6 Å². The van der Waals surface area contributed by atoms with Crippen LogP contribution in [0.25, 0.3) is 0 Å². The Balaban J connectivity index is 2.27. The highest BCUT2D eigenvalue weighted by atomic mass is 16.6. The molecule has 1 aromatic rings. The lowest BCUT2D eigenvalue weighted by atomic mass is 10.0. The number of barbiturate groups is 1.